The van der Waals surface area contributed by atoms with E-state index in [4.69, 9.17) is 4.74 Å². The van der Waals surface area contributed by atoms with E-state index in [0.29, 0.717) is 6.54 Å². The van der Waals surface area contributed by atoms with Crippen LogP contribution < -0.4 is 10.1 Å². The Labute approximate surface area is 125 Å². The summed E-state index contributed by atoms with van der Waals surface area (Å²) in [5, 5.41) is 2.83. The van der Waals surface area contributed by atoms with E-state index >= 15 is 0 Å². The van der Waals surface area contributed by atoms with Crippen molar-refractivity contribution in [1.29, 1.82) is 0 Å². The van der Waals surface area contributed by atoms with Gasteiger partial charge in [0.05, 0.1) is 0 Å². The molecule has 0 saturated carbocycles. The van der Waals surface area contributed by atoms with Crippen molar-refractivity contribution in [2.45, 2.75) is 27.3 Å². The minimum absolute atomic E-state index is 0.0240. The van der Waals surface area contributed by atoms with Crippen molar-refractivity contribution < 1.29 is 9.53 Å². The molecule has 0 fully saturated rings. The Morgan fingerprint density at radius 1 is 1.10 bits per heavy atom. The molecule has 0 aliphatic heterocycles. The van der Waals surface area contributed by atoms with Crippen LogP contribution in [0.2, 0.25) is 0 Å². The highest BCUT2D eigenvalue weighted by molar-refractivity contribution is 5.77. The van der Waals surface area contributed by atoms with Crippen molar-refractivity contribution in [2.75, 3.05) is 6.61 Å². The van der Waals surface area contributed by atoms with Gasteiger partial charge in [-0.2, -0.15) is 0 Å². The van der Waals surface area contributed by atoms with Gasteiger partial charge in [0.15, 0.2) is 6.61 Å². The minimum Gasteiger partial charge on any atom is -0.483 e. The highest BCUT2D eigenvalue weighted by Crippen LogP contribution is 2.25. The number of ether oxygens (including phenoxy) is 1. The van der Waals surface area contributed by atoms with Gasteiger partial charge in [-0.15, -0.1) is 0 Å². The average Bonchev–Trinajstić information content (AvgIpc) is 2.50. The number of nitrogens with one attached hydrogen (secondary N) is 1. The van der Waals surface area contributed by atoms with Gasteiger partial charge in [-0.3, -0.25) is 9.78 Å². The number of rotatable bonds is 5. The smallest absolute Gasteiger partial charge is 0.258 e. The van der Waals surface area contributed by atoms with Crippen LogP contribution in [0.5, 0.6) is 5.75 Å². The topological polar surface area (TPSA) is 51.2 Å². The van der Waals surface area contributed by atoms with E-state index in [2.05, 4.69) is 16.4 Å². The van der Waals surface area contributed by atoms with Crippen molar-refractivity contribution in [3.8, 4) is 5.75 Å². The van der Waals surface area contributed by atoms with Crippen molar-refractivity contribution in [2.24, 2.45) is 0 Å². The molecule has 0 atom stereocenters. The summed E-state index contributed by atoms with van der Waals surface area (Å²) in [6, 6.07) is 7.81. The van der Waals surface area contributed by atoms with E-state index in [1.165, 1.54) is 0 Å². The van der Waals surface area contributed by atoms with E-state index in [9.17, 15) is 4.79 Å². The molecule has 1 N–H and O–H groups in total. The van der Waals surface area contributed by atoms with E-state index in [1.54, 1.807) is 12.4 Å². The number of nitrogens with zero attached hydrogens (tertiary/aromatic N) is 1. The van der Waals surface area contributed by atoms with Gasteiger partial charge >= 0.3 is 0 Å². The number of benzene rings is 1. The van der Waals surface area contributed by atoms with E-state index in [-0.39, 0.29) is 12.5 Å². The predicted molar refractivity (Wildman–Crippen MR) is 82.2 cm³/mol. The molecule has 2 rings (SSSR count). The van der Waals surface area contributed by atoms with E-state index < -0.39 is 0 Å². The van der Waals surface area contributed by atoms with E-state index in [1.807, 2.05) is 39.0 Å². The number of aryl methyl sites for hydroxylation is 2. The first-order valence-corrected chi connectivity index (χ1v) is 6.93. The van der Waals surface area contributed by atoms with Gasteiger partial charge in [0.25, 0.3) is 5.91 Å². The number of carbonyl (C=O) groups is 1. The second kappa shape index (κ2) is 6.88. The van der Waals surface area contributed by atoms with Crippen LogP contribution >= 0.6 is 0 Å². The van der Waals surface area contributed by atoms with Crippen LogP contribution in [0.4, 0.5) is 0 Å². The van der Waals surface area contributed by atoms with Gasteiger partial charge in [-0.1, -0.05) is 12.1 Å². The Morgan fingerprint density at radius 3 is 2.48 bits per heavy atom. The van der Waals surface area contributed by atoms with Gasteiger partial charge in [-0.05, 0) is 55.2 Å². The summed E-state index contributed by atoms with van der Waals surface area (Å²) in [6.45, 7) is 6.53. The summed E-state index contributed by atoms with van der Waals surface area (Å²) >= 11 is 0. The van der Waals surface area contributed by atoms with Gasteiger partial charge in [0, 0.05) is 18.9 Å². The van der Waals surface area contributed by atoms with E-state index in [0.717, 1.165) is 28.0 Å². The largest absolute Gasteiger partial charge is 0.483 e. The fraction of sp³-hybridized carbons (Fsp3) is 0.294. The number of pyridine rings is 1. The van der Waals surface area contributed by atoms with Crippen LogP contribution in [0.15, 0.2) is 36.7 Å². The molecule has 110 valence electrons. The zero-order chi connectivity index (χ0) is 15.2. The lowest BCUT2D eigenvalue weighted by Gasteiger charge is -2.13. The summed E-state index contributed by atoms with van der Waals surface area (Å²) in [7, 11) is 0. The Balaban J connectivity index is 1.89. The maximum absolute atomic E-state index is 11.8. The lowest BCUT2D eigenvalue weighted by Crippen LogP contribution is -2.28. The summed E-state index contributed by atoms with van der Waals surface area (Å²) in [5.74, 6) is 0.668. The second-order valence-electron chi connectivity index (χ2n) is 5.07. The maximum atomic E-state index is 11.8. The van der Waals surface area contributed by atoms with Crippen LogP contribution in [0.1, 0.15) is 22.3 Å². The van der Waals surface area contributed by atoms with Gasteiger partial charge in [-0.25, -0.2) is 0 Å². The molecule has 4 heteroatoms. The molecule has 0 radical (unpaired) electrons. The van der Waals surface area contributed by atoms with Crippen LogP contribution in [-0.2, 0) is 11.3 Å². The fourth-order valence-electron chi connectivity index (χ4n) is 2.04. The zero-order valence-electron chi connectivity index (χ0n) is 12.6. The number of aromatic nitrogens is 1. The highest BCUT2D eigenvalue weighted by atomic mass is 16.5. The normalized spacial score (nSPS) is 10.2. The number of amides is 1. The summed E-state index contributed by atoms with van der Waals surface area (Å²) in [4.78, 5) is 15.8. The third kappa shape index (κ3) is 4.05. The first kappa shape index (κ1) is 15.0. The lowest BCUT2D eigenvalue weighted by molar-refractivity contribution is -0.123. The van der Waals surface area contributed by atoms with Gasteiger partial charge in [0.2, 0.25) is 0 Å². The van der Waals surface area contributed by atoms with Crippen LogP contribution in [0, 0.1) is 20.8 Å². The molecule has 1 heterocycles. The Morgan fingerprint density at radius 2 is 1.76 bits per heavy atom. The predicted octanol–water partition coefficient (Wildman–Crippen LogP) is 2.70. The standard InChI is InChI=1S/C17H20N2O2/c1-12-4-5-13(2)17(14(12)3)21-11-16(20)19-10-15-6-8-18-9-7-15/h4-9H,10-11H2,1-3H3,(H,19,20). The van der Waals surface area contributed by atoms with Gasteiger partial charge < -0.3 is 10.1 Å². The molecule has 0 aliphatic rings. The fourth-order valence-corrected chi connectivity index (χ4v) is 2.04. The molecule has 2 aromatic rings. The Hall–Kier alpha value is -2.36. The third-order valence-electron chi connectivity index (χ3n) is 3.46. The third-order valence-corrected chi connectivity index (χ3v) is 3.46. The van der Waals surface area contributed by atoms with Crippen molar-refractivity contribution >= 4 is 5.91 Å². The number of hydrogen-bond donors (Lipinski definition) is 1. The number of hydrogen-bond acceptors (Lipinski definition) is 3. The van der Waals surface area contributed by atoms with Crippen LogP contribution in [-0.4, -0.2) is 17.5 Å². The molecule has 1 aromatic heterocycles. The zero-order valence-corrected chi connectivity index (χ0v) is 12.6. The molecule has 4 nitrogen and oxygen atoms in total. The first-order valence-electron chi connectivity index (χ1n) is 6.93. The maximum Gasteiger partial charge on any atom is 0.258 e. The summed E-state index contributed by atoms with van der Waals surface area (Å²) in [5.41, 5.74) is 4.30. The molecule has 1 amide bonds. The molecule has 0 saturated heterocycles. The van der Waals surface area contributed by atoms with Crippen LogP contribution in [0.3, 0.4) is 0 Å². The lowest BCUT2D eigenvalue weighted by atomic mass is 10.1. The molecule has 0 bridgehead atoms. The van der Waals surface area contributed by atoms with Crippen molar-refractivity contribution in [3.05, 3.63) is 58.9 Å². The monoisotopic (exact) mass is 284 g/mol. The minimum atomic E-state index is -0.132. The molecular formula is C17H20N2O2. The molecule has 0 aliphatic carbocycles. The summed E-state index contributed by atoms with van der Waals surface area (Å²) < 4.78 is 5.67. The molecule has 0 spiro atoms. The second-order valence-corrected chi connectivity index (χ2v) is 5.07. The molecule has 0 unspecified atom stereocenters. The quantitative estimate of drug-likeness (QED) is 0.918. The molecule has 21 heavy (non-hydrogen) atoms. The highest BCUT2D eigenvalue weighted by Gasteiger charge is 2.09. The van der Waals surface area contributed by atoms with Crippen molar-refractivity contribution in [3.63, 3.8) is 0 Å². The van der Waals surface area contributed by atoms with Gasteiger partial charge in [0.1, 0.15) is 5.75 Å². The first-order chi connectivity index (χ1) is 10.1. The van der Waals surface area contributed by atoms with Crippen LogP contribution in [0.25, 0.3) is 0 Å². The molecular weight excluding hydrogens is 264 g/mol. The molecule has 1 aromatic carbocycles. The average molecular weight is 284 g/mol. The SMILES string of the molecule is Cc1ccc(C)c(OCC(=O)NCc2ccncc2)c1C. The number of carbonyl (C=O) groups excluding carboxylic acids is 1. The summed E-state index contributed by atoms with van der Waals surface area (Å²) in [6.07, 6.45) is 3.41. The van der Waals surface area contributed by atoms with Crippen molar-refractivity contribution in [1.82, 2.24) is 10.3 Å². The Kier molecular flexibility index (Phi) is 4.93. The Bertz CT molecular complexity index is 624.